The Morgan fingerprint density at radius 1 is 1.54 bits per heavy atom. The van der Waals surface area contributed by atoms with E-state index in [-0.39, 0.29) is 29.5 Å². The smallest absolute Gasteiger partial charge is 0.322 e. The Bertz CT molecular complexity index is 772. The van der Waals surface area contributed by atoms with Crippen molar-refractivity contribution in [3.63, 3.8) is 0 Å². The lowest BCUT2D eigenvalue weighted by atomic mass is 10.2. The Morgan fingerprint density at radius 3 is 3.19 bits per heavy atom. The Labute approximate surface area is 154 Å². The average Bonchev–Trinajstić information content (AvgIpc) is 3.06. The van der Waals surface area contributed by atoms with Crippen molar-refractivity contribution >= 4 is 23.3 Å². The highest BCUT2D eigenvalue weighted by atomic mass is 35.5. The quantitative estimate of drug-likeness (QED) is 0.851. The maximum Gasteiger partial charge on any atom is 0.322 e. The number of carbonyl (C=O) groups is 1. The number of amides is 2. The van der Waals surface area contributed by atoms with Crippen LogP contribution in [0.15, 0.2) is 22.7 Å². The van der Waals surface area contributed by atoms with Crippen molar-refractivity contribution in [2.45, 2.75) is 19.1 Å². The van der Waals surface area contributed by atoms with Gasteiger partial charge in [-0.25, -0.2) is 9.18 Å². The van der Waals surface area contributed by atoms with Crippen LogP contribution in [-0.2, 0) is 22.5 Å². The monoisotopic (exact) mass is 384 g/mol. The zero-order valence-electron chi connectivity index (χ0n) is 14.1. The molecule has 0 spiro atoms. The first-order valence-electron chi connectivity index (χ1n) is 7.98. The van der Waals surface area contributed by atoms with Crippen LogP contribution in [-0.4, -0.2) is 54.0 Å². The number of rotatable bonds is 5. The minimum Gasteiger partial charge on any atom is -0.377 e. The Morgan fingerprint density at radius 2 is 2.38 bits per heavy atom. The summed E-state index contributed by atoms with van der Waals surface area (Å²) in [5.74, 6) is 0.388. The molecule has 3 rings (SSSR count). The van der Waals surface area contributed by atoms with E-state index in [1.165, 1.54) is 18.2 Å². The summed E-state index contributed by atoms with van der Waals surface area (Å²) in [7, 11) is 1.54. The fourth-order valence-corrected chi connectivity index (χ4v) is 2.74. The molecule has 1 aromatic heterocycles. The molecule has 1 aliphatic heterocycles. The van der Waals surface area contributed by atoms with Gasteiger partial charge in [0.15, 0.2) is 5.82 Å². The molecule has 1 aliphatic rings. The number of morpholine rings is 1. The first-order valence-corrected chi connectivity index (χ1v) is 8.36. The minimum absolute atomic E-state index is 0.223. The standard InChI is InChI=1S/C16H18ClFN4O4/c1-24-9-14-20-15(26-21-14)7-11-8-22(4-5-25-11)16(23)19-13-6-10(18)2-3-12(13)17/h2-3,6,11H,4-5,7-9H2,1H3,(H,19,23)/t11-/m1/s1. The van der Waals surface area contributed by atoms with Crippen molar-refractivity contribution in [3.05, 3.63) is 40.8 Å². The number of halogens is 2. The molecule has 1 N–H and O–H groups in total. The van der Waals surface area contributed by atoms with Gasteiger partial charge in [0, 0.05) is 20.2 Å². The number of urea groups is 1. The number of hydrogen-bond donors (Lipinski definition) is 1. The van der Waals surface area contributed by atoms with Crippen LogP contribution in [0.5, 0.6) is 0 Å². The van der Waals surface area contributed by atoms with E-state index in [2.05, 4.69) is 15.5 Å². The lowest BCUT2D eigenvalue weighted by Gasteiger charge is -2.32. The normalized spacial score (nSPS) is 17.3. The number of ether oxygens (including phenoxy) is 2. The van der Waals surface area contributed by atoms with Crippen LogP contribution in [0.4, 0.5) is 14.9 Å². The Balaban J connectivity index is 1.58. The molecule has 26 heavy (non-hydrogen) atoms. The zero-order chi connectivity index (χ0) is 18.5. The van der Waals surface area contributed by atoms with E-state index in [0.717, 1.165) is 0 Å². The van der Waals surface area contributed by atoms with Gasteiger partial charge in [-0.2, -0.15) is 4.98 Å². The first kappa shape index (κ1) is 18.6. The molecule has 1 saturated heterocycles. The minimum atomic E-state index is -0.479. The molecule has 8 nitrogen and oxygen atoms in total. The molecule has 2 aromatic rings. The van der Waals surface area contributed by atoms with Crippen molar-refractivity contribution in [3.8, 4) is 0 Å². The predicted octanol–water partition coefficient (Wildman–Crippen LogP) is 2.48. The topological polar surface area (TPSA) is 89.7 Å². The van der Waals surface area contributed by atoms with Gasteiger partial charge in [-0.15, -0.1) is 0 Å². The van der Waals surface area contributed by atoms with Gasteiger partial charge in [0.05, 0.1) is 29.8 Å². The van der Waals surface area contributed by atoms with Gasteiger partial charge in [0.25, 0.3) is 0 Å². The van der Waals surface area contributed by atoms with Crippen molar-refractivity contribution in [1.82, 2.24) is 15.0 Å². The molecular formula is C16H18ClFN4O4. The molecule has 0 unspecified atom stereocenters. The molecule has 1 fully saturated rings. The third kappa shape index (κ3) is 4.69. The van der Waals surface area contributed by atoms with Gasteiger partial charge in [0.2, 0.25) is 5.89 Å². The summed E-state index contributed by atoms with van der Waals surface area (Å²) in [5.41, 5.74) is 0.223. The second kappa shape index (κ2) is 8.43. The molecule has 0 saturated carbocycles. The largest absolute Gasteiger partial charge is 0.377 e. The van der Waals surface area contributed by atoms with Crippen molar-refractivity contribution in [1.29, 1.82) is 0 Å². The van der Waals surface area contributed by atoms with E-state index in [0.29, 0.717) is 37.8 Å². The van der Waals surface area contributed by atoms with Crippen LogP contribution in [0.2, 0.25) is 5.02 Å². The van der Waals surface area contributed by atoms with Crippen LogP contribution >= 0.6 is 11.6 Å². The van der Waals surface area contributed by atoms with Crippen molar-refractivity contribution < 1.29 is 23.2 Å². The zero-order valence-corrected chi connectivity index (χ0v) is 14.8. The number of nitrogens with one attached hydrogen (secondary N) is 1. The van der Waals surface area contributed by atoms with Gasteiger partial charge in [-0.3, -0.25) is 0 Å². The lowest BCUT2D eigenvalue weighted by molar-refractivity contribution is -0.0148. The second-order valence-corrected chi connectivity index (χ2v) is 6.14. The van der Waals surface area contributed by atoms with Crippen LogP contribution in [0.25, 0.3) is 0 Å². The number of hydrogen-bond acceptors (Lipinski definition) is 6. The maximum atomic E-state index is 13.3. The number of benzene rings is 1. The molecule has 1 aromatic carbocycles. The number of methoxy groups -OCH3 is 1. The van der Waals surface area contributed by atoms with Crippen LogP contribution in [0, 0.1) is 5.82 Å². The summed E-state index contributed by atoms with van der Waals surface area (Å²) >= 11 is 5.98. The lowest BCUT2D eigenvalue weighted by Crippen LogP contribution is -2.48. The number of aromatic nitrogens is 2. The summed E-state index contributed by atoms with van der Waals surface area (Å²) in [4.78, 5) is 18.2. The predicted molar refractivity (Wildman–Crippen MR) is 90.5 cm³/mol. The van der Waals surface area contributed by atoms with E-state index < -0.39 is 5.82 Å². The molecule has 2 amide bonds. The third-order valence-electron chi connectivity index (χ3n) is 3.78. The van der Waals surface area contributed by atoms with Gasteiger partial charge in [0.1, 0.15) is 12.4 Å². The molecule has 0 radical (unpaired) electrons. The Kier molecular flexibility index (Phi) is 6.02. The van der Waals surface area contributed by atoms with E-state index in [9.17, 15) is 9.18 Å². The molecular weight excluding hydrogens is 367 g/mol. The first-order chi connectivity index (χ1) is 12.5. The van der Waals surface area contributed by atoms with Crippen LogP contribution < -0.4 is 5.32 Å². The fraction of sp³-hybridized carbons (Fsp3) is 0.438. The van der Waals surface area contributed by atoms with Gasteiger partial charge in [-0.05, 0) is 18.2 Å². The molecule has 2 heterocycles. The van der Waals surface area contributed by atoms with E-state index >= 15 is 0 Å². The molecule has 10 heteroatoms. The van der Waals surface area contributed by atoms with Crippen LogP contribution in [0.3, 0.4) is 0 Å². The highest BCUT2D eigenvalue weighted by molar-refractivity contribution is 6.33. The molecule has 0 bridgehead atoms. The molecule has 1 atom stereocenters. The average molecular weight is 385 g/mol. The van der Waals surface area contributed by atoms with Gasteiger partial charge < -0.3 is 24.2 Å². The summed E-state index contributed by atoms with van der Waals surface area (Å²) in [5, 5.41) is 6.67. The summed E-state index contributed by atoms with van der Waals surface area (Å²) in [6.45, 7) is 1.38. The fourth-order valence-electron chi connectivity index (χ4n) is 2.57. The van der Waals surface area contributed by atoms with Crippen molar-refractivity contribution in [2.24, 2.45) is 0 Å². The number of carbonyl (C=O) groups excluding carboxylic acids is 1. The van der Waals surface area contributed by atoms with E-state index in [4.69, 9.17) is 25.6 Å². The number of anilines is 1. The van der Waals surface area contributed by atoms with E-state index in [1.807, 2.05) is 0 Å². The Hall–Kier alpha value is -2.23. The number of nitrogens with zero attached hydrogens (tertiary/aromatic N) is 3. The third-order valence-corrected chi connectivity index (χ3v) is 4.11. The summed E-state index contributed by atoms with van der Waals surface area (Å²) < 4.78 is 29.1. The highest BCUT2D eigenvalue weighted by Gasteiger charge is 2.26. The van der Waals surface area contributed by atoms with Crippen LogP contribution in [0.1, 0.15) is 11.7 Å². The van der Waals surface area contributed by atoms with Gasteiger partial charge in [-0.1, -0.05) is 16.8 Å². The summed E-state index contributed by atoms with van der Waals surface area (Å²) in [6, 6.07) is 3.41. The van der Waals surface area contributed by atoms with E-state index in [1.54, 1.807) is 12.0 Å². The second-order valence-electron chi connectivity index (χ2n) is 5.73. The summed E-state index contributed by atoms with van der Waals surface area (Å²) in [6.07, 6.45) is 0.0922. The van der Waals surface area contributed by atoms with Gasteiger partial charge >= 0.3 is 6.03 Å². The molecule has 0 aliphatic carbocycles. The molecule has 140 valence electrons. The maximum absolute atomic E-state index is 13.3. The SMILES string of the molecule is COCc1noc(C[C@@H]2CN(C(=O)Nc3cc(F)ccc3Cl)CCO2)n1. The highest BCUT2D eigenvalue weighted by Crippen LogP contribution is 2.23. The van der Waals surface area contributed by atoms with Crippen molar-refractivity contribution in [2.75, 3.05) is 32.1 Å².